The Bertz CT molecular complexity index is 455. The summed E-state index contributed by atoms with van der Waals surface area (Å²) in [4.78, 5) is 1.13. The lowest BCUT2D eigenvalue weighted by molar-refractivity contribution is 0.139. The Morgan fingerprint density at radius 2 is 2.14 bits per heavy atom. The zero-order chi connectivity index (χ0) is 9.76. The van der Waals surface area contributed by atoms with E-state index in [1.807, 2.05) is 12.1 Å². The number of aliphatic hydroxyl groups is 1. The molecule has 2 unspecified atom stereocenters. The van der Waals surface area contributed by atoms with Gasteiger partial charge in [-0.2, -0.15) is 0 Å². The van der Waals surface area contributed by atoms with E-state index in [0.29, 0.717) is 5.92 Å². The molecule has 2 aromatic rings. The van der Waals surface area contributed by atoms with Gasteiger partial charge in [-0.15, -0.1) is 11.3 Å². The van der Waals surface area contributed by atoms with Crippen LogP contribution in [0.25, 0.3) is 10.1 Å². The number of hydrogen-bond acceptors (Lipinski definition) is 2. The van der Waals surface area contributed by atoms with Crippen LogP contribution >= 0.6 is 11.3 Å². The lowest BCUT2D eigenvalue weighted by atomic mass is 10.2. The van der Waals surface area contributed by atoms with Crippen molar-refractivity contribution in [3.8, 4) is 0 Å². The van der Waals surface area contributed by atoms with E-state index in [4.69, 9.17) is 0 Å². The van der Waals surface area contributed by atoms with Gasteiger partial charge in [-0.25, -0.2) is 0 Å². The molecule has 0 saturated heterocycles. The van der Waals surface area contributed by atoms with Crippen LogP contribution < -0.4 is 0 Å². The predicted molar refractivity (Wildman–Crippen MR) is 59.5 cm³/mol. The summed E-state index contributed by atoms with van der Waals surface area (Å²) in [6, 6.07) is 10.4. The molecule has 1 fully saturated rings. The van der Waals surface area contributed by atoms with Crippen molar-refractivity contribution >= 4 is 21.4 Å². The average Bonchev–Trinajstić information content (AvgIpc) is 2.66. The first-order valence-corrected chi connectivity index (χ1v) is 5.73. The summed E-state index contributed by atoms with van der Waals surface area (Å²) < 4.78 is 1.27. The van der Waals surface area contributed by atoms with E-state index in [2.05, 4.69) is 25.1 Å². The van der Waals surface area contributed by atoms with Crippen molar-refractivity contribution in [2.24, 2.45) is 5.92 Å². The van der Waals surface area contributed by atoms with Gasteiger partial charge < -0.3 is 5.11 Å². The van der Waals surface area contributed by atoms with Crippen LogP contribution in [0.3, 0.4) is 0 Å². The molecule has 2 heteroatoms. The van der Waals surface area contributed by atoms with E-state index in [1.54, 1.807) is 11.3 Å². The van der Waals surface area contributed by atoms with Crippen molar-refractivity contribution in [3.63, 3.8) is 0 Å². The third-order valence-corrected chi connectivity index (χ3v) is 4.41. The molecule has 0 amide bonds. The molecule has 0 aliphatic heterocycles. The lowest BCUT2D eigenvalue weighted by Gasteiger charge is -2.03. The first-order valence-electron chi connectivity index (χ1n) is 4.91. The average molecular weight is 204 g/mol. The van der Waals surface area contributed by atoms with Crippen LogP contribution in [0.15, 0.2) is 30.3 Å². The fourth-order valence-electron chi connectivity index (χ4n) is 1.95. The van der Waals surface area contributed by atoms with Crippen molar-refractivity contribution in [3.05, 3.63) is 35.2 Å². The van der Waals surface area contributed by atoms with E-state index >= 15 is 0 Å². The minimum atomic E-state index is -0.510. The maximum Gasteiger partial charge on any atom is 0.102 e. The minimum absolute atomic E-state index is 0.426. The molecule has 1 aliphatic rings. The summed E-state index contributed by atoms with van der Waals surface area (Å²) in [5.74, 6) is 0.426. The fourth-order valence-corrected chi connectivity index (χ4v) is 3.22. The maximum atomic E-state index is 10.2. The number of fused-ring (bicyclic) bond motifs is 1. The van der Waals surface area contributed by atoms with E-state index in [0.717, 1.165) is 11.3 Å². The second-order valence-electron chi connectivity index (χ2n) is 4.18. The highest BCUT2D eigenvalue weighted by Crippen LogP contribution is 2.54. The van der Waals surface area contributed by atoms with Crippen LogP contribution in [0.4, 0.5) is 0 Å². The standard InChI is InChI=1S/C12H12OS/c1-8-7-12(8,13)11-6-9-4-2-3-5-10(9)14-11/h2-6,8,13H,7H2,1H3. The molecule has 0 radical (unpaired) electrons. The van der Waals surface area contributed by atoms with Crippen molar-refractivity contribution in [2.45, 2.75) is 18.9 Å². The summed E-state index contributed by atoms with van der Waals surface area (Å²) in [5, 5.41) is 11.4. The van der Waals surface area contributed by atoms with Gasteiger partial charge in [-0.3, -0.25) is 0 Å². The van der Waals surface area contributed by atoms with Crippen LogP contribution in [-0.4, -0.2) is 5.11 Å². The van der Waals surface area contributed by atoms with Gasteiger partial charge in [-0.05, 0) is 29.9 Å². The first kappa shape index (κ1) is 8.45. The highest BCUT2D eigenvalue weighted by molar-refractivity contribution is 7.19. The second kappa shape index (κ2) is 2.59. The molecule has 1 aromatic carbocycles. The third-order valence-electron chi connectivity index (χ3n) is 3.12. The molecule has 2 atom stereocenters. The quantitative estimate of drug-likeness (QED) is 0.756. The van der Waals surface area contributed by atoms with Crippen LogP contribution in [0.1, 0.15) is 18.2 Å². The van der Waals surface area contributed by atoms with Gasteiger partial charge in [0.1, 0.15) is 5.60 Å². The van der Waals surface area contributed by atoms with Gasteiger partial charge in [0, 0.05) is 9.58 Å². The maximum absolute atomic E-state index is 10.2. The largest absolute Gasteiger partial charge is 0.384 e. The monoisotopic (exact) mass is 204 g/mol. The summed E-state index contributed by atoms with van der Waals surface area (Å²) in [5.41, 5.74) is -0.510. The van der Waals surface area contributed by atoms with Crippen LogP contribution in [-0.2, 0) is 5.60 Å². The van der Waals surface area contributed by atoms with E-state index in [9.17, 15) is 5.11 Å². The Morgan fingerprint density at radius 1 is 1.43 bits per heavy atom. The fraction of sp³-hybridized carbons (Fsp3) is 0.333. The normalized spacial score (nSPS) is 30.9. The second-order valence-corrected chi connectivity index (χ2v) is 5.26. The molecule has 1 aromatic heterocycles. The Kier molecular flexibility index (Phi) is 1.56. The van der Waals surface area contributed by atoms with Crippen LogP contribution in [0, 0.1) is 5.92 Å². The Morgan fingerprint density at radius 3 is 2.79 bits per heavy atom. The molecule has 0 spiro atoms. The molecule has 72 valence electrons. The summed E-state index contributed by atoms with van der Waals surface area (Å²) >= 11 is 1.72. The zero-order valence-electron chi connectivity index (χ0n) is 8.03. The highest BCUT2D eigenvalue weighted by atomic mass is 32.1. The molecule has 1 N–H and O–H groups in total. The first-order chi connectivity index (χ1) is 6.70. The van der Waals surface area contributed by atoms with E-state index < -0.39 is 5.60 Å². The van der Waals surface area contributed by atoms with Crippen molar-refractivity contribution in [2.75, 3.05) is 0 Å². The molecular weight excluding hydrogens is 192 g/mol. The lowest BCUT2D eigenvalue weighted by Crippen LogP contribution is -2.03. The number of thiophene rings is 1. The molecule has 3 rings (SSSR count). The van der Waals surface area contributed by atoms with Gasteiger partial charge in [0.15, 0.2) is 0 Å². The van der Waals surface area contributed by atoms with Crippen molar-refractivity contribution in [1.29, 1.82) is 0 Å². The molecule has 1 nitrogen and oxygen atoms in total. The minimum Gasteiger partial charge on any atom is -0.384 e. The Hall–Kier alpha value is -0.860. The number of hydrogen-bond donors (Lipinski definition) is 1. The van der Waals surface area contributed by atoms with Gasteiger partial charge in [0.25, 0.3) is 0 Å². The zero-order valence-corrected chi connectivity index (χ0v) is 8.84. The smallest absolute Gasteiger partial charge is 0.102 e. The van der Waals surface area contributed by atoms with Crippen LogP contribution in [0.5, 0.6) is 0 Å². The third kappa shape index (κ3) is 1.04. The van der Waals surface area contributed by atoms with Crippen LogP contribution in [0.2, 0.25) is 0 Å². The Balaban J connectivity index is 2.16. The highest BCUT2D eigenvalue weighted by Gasteiger charge is 2.51. The van der Waals surface area contributed by atoms with Gasteiger partial charge >= 0.3 is 0 Å². The molecule has 1 heterocycles. The molecule has 1 saturated carbocycles. The van der Waals surface area contributed by atoms with Gasteiger partial charge in [0.05, 0.1) is 0 Å². The number of benzene rings is 1. The summed E-state index contributed by atoms with van der Waals surface area (Å²) in [6.07, 6.45) is 0.916. The summed E-state index contributed by atoms with van der Waals surface area (Å²) in [7, 11) is 0. The van der Waals surface area contributed by atoms with Gasteiger partial charge in [-0.1, -0.05) is 25.1 Å². The van der Waals surface area contributed by atoms with E-state index in [1.165, 1.54) is 10.1 Å². The topological polar surface area (TPSA) is 20.2 Å². The van der Waals surface area contributed by atoms with Gasteiger partial charge in [0.2, 0.25) is 0 Å². The summed E-state index contributed by atoms with van der Waals surface area (Å²) in [6.45, 7) is 2.10. The molecule has 1 aliphatic carbocycles. The van der Waals surface area contributed by atoms with Crippen molar-refractivity contribution < 1.29 is 5.11 Å². The van der Waals surface area contributed by atoms with Crippen molar-refractivity contribution in [1.82, 2.24) is 0 Å². The molecular formula is C12H12OS. The predicted octanol–water partition coefficient (Wildman–Crippen LogP) is 3.13. The van der Waals surface area contributed by atoms with E-state index in [-0.39, 0.29) is 0 Å². The number of rotatable bonds is 1. The molecule has 14 heavy (non-hydrogen) atoms. The Labute approximate surface area is 87.0 Å². The molecule has 0 bridgehead atoms. The SMILES string of the molecule is CC1CC1(O)c1cc2ccccc2s1.